The normalized spacial score (nSPS) is 14.9. The minimum Gasteiger partial charge on any atom is -0.457 e. The lowest BCUT2D eigenvalue weighted by Gasteiger charge is -2.34. The molecule has 1 N–H and O–H groups in total. The molecule has 2 aromatic carbocycles. The standard InChI is InChI=1S/C23H27N5O3S/c1-3-24-23-25-18(2)17-22(26-23)27-13-15-28(16-14-27)32(29,30)21-11-9-20(10-12-21)31-19-7-5-4-6-8-19/h4-12,17H,3,13-16H2,1-2H3,(H,24,25,26). The number of sulfonamides is 1. The summed E-state index contributed by atoms with van der Waals surface area (Å²) in [5.41, 5.74) is 0.874. The number of para-hydroxylation sites is 1. The monoisotopic (exact) mass is 453 g/mol. The predicted molar refractivity (Wildman–Crippen MR) is 125 cm³/mol. The number of aryl methyl sites for hydroxylation is 1. The molecular formula is C23H27N5O3S. The van der Waals surface area contributed by atoms with Crippen molar-refractivity contribution in [3.05, 3.63) is 66.4 Å². The first kappa shape index (κ1) is 22.0. The number of ether oxygens (including phenoxy) is 1. The van der Waals surface area contributed by atoms with Crippen LogP contribution in [0.25, 0.3) is 0 Å². The summed E-state index contributed by atoms with van der Waals surface area (Å²) in [4.78, 5) is 11.3. The van der Waals surface area contributed by atoms with Gasteiger partial charge in [0.25, 0.3) is 0 Å². The topological polar surface area (TPSA) is 87.7 Å². The van der Waals surface area contributed by atoms with E-state index in [1.54, 1.807) is 24.3 Å². The molecule has 0 unspecified atom stereocenters. The van der Waals surface area contributed by atoms with E-state index in [0.29, 0.717) is 43.6 Å². The van der Waals surface area contributed by atoms with Gasteiger partial charge >= 0.3 is 0 Å². The van der Waals surface area contributed by atoms with Crippen LogP contribution < -0.4 is 15.0 Å². The van der Waals surface area contributed by atoms with Gasteiger partial charge in [-0.3, -0.25) is 0 Å². The van der Waals surface area contributed by atoms with Crippen LogP contribution in [0.4, 0.5) is 11.8 Å². The summed E-state index contributed by atoms with van der Waals surface area (Å²) in [5, 5.41) is 3.14. The van der Waals surface area contributed by atoms with E-state index in [2.05, 4.69) is 20.2 Å². The zero-order valence-electron chi connectivity index (χ0n) is 18.2. The van der Waals surface area contributed by atoms with E-state index in [-0.39, 0.29) is 4.90 Å². The highest BCUT2D eigenvalue weighted by molar-refractivity contribution is 7.89. The van der Waals surface area contributed by atoms with E-state index in [0.717, 1.165) is 18.1 Å². The second kappa shape index (κ2) is 9.54. The molecule has 0 saturated carbocycles. The van der Waals surface area contributed by atoms with Crippen molar-refractivity contribution >= 4 is 21.8 Å². The Balaban J connectivity index is 1.41. The molecule has 2 heterocycles. The van der Waals surface area contributed by atoms with Crippen LogP contribution in [0.1, 0.15) is 12.6 Å². The summed E-state index contributed by atoms with van der Waals surface area (Å²) >= 11 is 0. The fourth-order valence-electron chi connectivity index (χ4n) is 3.56. The van der Waals surface area contributed by atoms with Gasteiger partial charge < -0.3 is 15.0 Å². The highest BCUT2D eigenvalue weighted by Gasteiger charge is 2.29. The van der Waals surface area contributed by atoms with E-state index in [1.807, 2.05) is 50.2 Å². The molecular weight excluding hydrogens is 426 g/mol. The number of aromatic nitrogens is 2. The molecule has 0 spiro atoms. The van der Waals surface area contributed by atoms with Gasteiger partial charge in [0, 0.05) is 44.5 Å². The van der Waals surface area contributed by atoms with E-state index in [9.17, 15) is 8.42 Å². The molecule has 1 saturated heterocycles. The van der Waals surface area contributed by atoms with Gasteiger partial charge in [0.15, 0.2) is 0 Å². The average molecular weight is 454 g/mol. The van der Waals surface area contributed by atoms with Gasteiger partial charge in [-0.15, -0.1) is 0 Å². The maximum absolute atomic E-state index is 13.1. The van der Waals surface area contributed by atoms with Crippen LogP contribution in [0.2, 0.25) is 0 Å². The number of anilines is 2. The van der Waals surface area contributed by atoms with Crippen LogP contribution in [-0.4, -0.2) is 55.4 Å². The van der Waals surface area contributed by atoms with Crippen LogP contribution in [0, 0.1) is 6.92 Å². The Kier molecular flexibility index (Phi) is 6.57. The lowest BCUT2D eigenvalue weighted by Crippen LogP contribution is -2.49. The van der Waals surface area contributed by atoms with Crippen LogP contribution >= 0.6 is 0 Å². The number of rotatable bonds is 7. The lowest BCUT2D eigenvalue weighted by molar-refractivity contribution is 0.383. The first-order chi connectivity index (χ1) is 15.5. The van der Waals surface area contributed by atoms with Crippen LogP contribution in [0.15, 0.2) is 65.6 Å². The van der Waals surface area contributed by atoms with Crippen LogP contribution in [0.3, 0.4) is 0 Å². The van der Waals surface area contributed by atoms with Crippen molar-refractivity contribution in [2.75, 3.05) is 42.9 Å². The van der Waals surface area contributed by atoms with Gasteiger partial charge in [-0.1, -0.05) is 18.2 Å². The van der Waals surface area contributed by atoms with Gasteiger partial charge in [0.1, 0.15) is 17.3 Å². The third kappa shape index (κ3) is 5.00. The molecule has 4 rings (SSSR count). The predicted octanol–water partition coefficient (Wildman–Crippen LogP) is 3.52. The third-order valence-corrected chi connectivity index (χ3v) is 7.09. The Hall–Kier alpha value is -3.17. The van der Waals surface area contributed by atoms with Crippen LogP contribution in [0.5, 0.6) is 11.5 Å². The minimum atomic E-state index is -3.58. The molecule has 8 nitrogen and oxygen atoms in total. The molecule has 1 aliphatic heterocycles. The average Bonchev–Trinajstić information content (AvgIpc) is 2.80. The van der Waals surface area contributed by atoms with Crippen molar-refractivity contribution in [2.45, 2.75) is 18.7 Å². The molecule has 0 atom stereocenters. The number of nitrogens with one attached hydrogen (secondary N) is 1. The van der Waals surface area contributed by atoms with Crippen molar-refractivity contribution in [2.24, 2.45) is 0 Å². The SMILES string of the molecule is CCNc1nc(C)cc(N2CCN(S(=O)(=O)c3ccc(Oc4ccccc4)cc3)CC2)n1. The Bertz CT molecular complexity index is 1150. The second-order valence-corrected chi connectivity index (χ2v) is 9.44. The van der Waals surface area contributed by atoms with Gasteiger partial charge in [-0.25, -0.2) is 13.4 Å². The fraction of sp³-hybridized carbons (Fsp3) is 0.304. The van der Waals surface area contributed by atoms with Crippen molar-refractivity contribution < 1.29 is 13.2 Å². The van der Waals surface area contributed by atoms with Gasteiger partial charge in [-0.05, 0) is 50.2 Å². The maximum atomic E-state index is 13.1. The van der Waals surface area contributed by atoms with Crippen molar-refractivity contribution in [1.29, 1.82) is 0 Å². The summed E-state index contributed by atoms with van der Waals surface area (Å²) in [6.07, 6.45) is 0. The first-order valence-corrected chi connectivity index (χ1v) is 12.1. The minimum absolute atomic E-state index is 0.263. The molecule has 0 radical (unpaired) electrons. The Morgan fingerprint density at radius 2 is 1.59 bits per heavy atom. The van der Waals surface area contributed by atoms with Crippen molar-refractivity contribution in [3.8, 4) is 11.5 Å². The Labute approximate surface area is 188 Å². The van der Waals surface area contributed by atoms with E-state index >= 15 is 0 Å². The molecule has 0 bridgehead atoms. The van der Waals surface area contributed by atoms with Gasteiger partial charge in [-0.2, -0.15) is 9.29 Å². The molecule has 0 amide bonds. The molecule has 168 valence electrons. The fourth-order valence-corrected chi connectivity index (χ4v) is 4.98. The maximum Gasteiger partial charge on any atom is 0.243 e. The second-order valence-electron chi connectivity index (χ2n) is 7.50. The van der Waals surface area contributed by atoms with Gasteiger partial charge in [0.2, 0.25) is 16.0 Å². The van der Waals surface area contributed by atoms with Crippen molar-refractivity contribution in [1.82, 2.24) is 14.3 Å². The van der Waals surface area contributed by atoms with Crippen molar-refractivity contribution in [3.63, 3.8) is 0 Å². The Morgan fingerprint density at radius 1 is 0.938 bits per heavy atom. The molecule has 3 aromatic rings. The summed E-state index contributed by atoms with van der Waals surface area (Å²) in [6.45, 7) is 6.58. The highest BCUT2D eigenvalue weighted by atomic mass is 32.2. The summed E-state index contributed by atoms with van der Waals surface area (Å²) in [6, 6.07) is 17.9. The largest absolute Gasteiger partial charge is 0.457 e. The van der Waals surface area contributed by atoms with Gasteiger partial charge in [0.05, 0.1) is 4.90 Å². The number of hydrogen-bond acceptors (Lipinski definition) is 7. The van der Waals surface area contributed by atoms with E-state index in [1.165, 1.54) is 4.31 Å². The molecule has 1 fully saturated rings. The van der Waals surface area contributed by atoms with E-state index in [4.69, 9.17) is 4.74 Å². The summed E-state index contributed by atoms with van der Waals surface area (Å²) in [5.74, 6) is 2.70. The third-order valence-electron chi connectivity index (χ3n) is 5.18. The zero-order valence-corrected chi connectivity index (χ0v) is 19.0. The number of nitrogens with zero attached hydrogens (tertiary/aromatic N) is 4. The molecule has 1 aromatic heterocycles. The Morgan fingerprint density at radius 3 is 2.25 bits per heavy atom. The molecule has 1 aliphatic rings. The highest BCUT2D eigenvalue weighted by Crippen LogP contribution is 2.25. The number of benzene rings is 2. The molecule has 0 aliphatic carbocycles. The zero-order chi connectivity index (χ0) is 22.6. The van der Waals surface area contributed by atoms with E-state index < -0.39 is 10.0 Å². The lowest BCUT2D eigenvalue weighted by atomic mass is 10.3. The quantitative estimate of drug-likeness (QED) is 0.586. The number of hydrogen-bond donors (Lipinski definition) is 1. The first-order valence-electron chi connectivity index (χ1n) is 10.6. The molecule has 9 heteroatoms. The number of piperazine rings is 1. The summed E-state index contributed by atoms with van der Waals surface area (Å²) in [7, 11) is -3.58. The summed E-state index contributed by atoms with van der Waals surface area (Å²) < 4.78 is 33.5. The smallest absolute Gasteiger partial charge is 0.243 e. The van der Waals surface area contributed by atoms with Crippen LogP contribution in [-0.2, 0) is 10.0 Å². The molecule has 32 heavy (non-hydrogen) atoms.